The molecule has 1 aromatic heterocycles. The Bertz CT molecular complexity index is 2510. The molecule has 1 heterocycles. The lowest BCUT2D eigenvalue weighted by atomic mass is 9.81. The Hall–Kier alpha value is -6.12. The fraction of sp³-hybridized carbons (Fsp3) is 0.0638. The molecule has 0 saturated carbocycles. The van der Waals surface area contributed by atoms with Crippen LogP contribution in [0, 0.1) is 0 Å². The third-order valence-corrected chi connectivity index (χ3v) is 10.1. The van der Waals surface area contributed by atoms with Crippen LogP contribution in [0.3, 0.4) is 0 Å². The molecule has 9 rings (SSSR count). The van der Waals surface area contributed by atoms with E-state index in [0.717, 1.165) is 44.6 Å². The van der Waals surface area contributed by atoms with Gasteiger partial charge in [0.25, 0.3) is 0 Å². The monoisotopic (exact) mass is 626 g/mol. The van der Waals surface area contributed by atoms with E-state index in [0.29, 0.717) is 5.82 Å². The van der Waals surface area contributed by atoms with Crippen LogP contribution in [0.25, 0.3) is 78.1 Å². The van der Waals surface area contributed by atoms with Crippen molar-refractivity contribution in [1.82, 2.24) is 9.97 Å². The van der Waals surface area contributed by atoms with Crippen LogP contribution in [-0.2, 0) is 5.41 Å². The Balaban J connectivity index is 1.23. The van der Waals surface area contributed by atoms with Crippen molar-refractivity contribution in [2.24, 2.45) is 0 Å². The SMILES string of the molecule is CC1(C)c2ccccc2-c2ccc(-c3ccc(-c4nc(-c5ccccc5)cc(-c5ccccc5-c5ccccc5)n4)c4ccccc34)cc21. The summed E-state index contributed by atoms with van der Waals surface area (Å²) >= 11 is 0. The number of nitrogens with zero attached hydrogens (tertiary/aromatic N) is 2. The van der Waals surface area contributed by atoms with Crippen molar-refractivity contribution >= 4 is 10.8 Å². The van der Waals surface area contributed by atoms with Crippen LogP contribution >= 0.6 is 0 Å². The average Bonchev–Trinajstić information content (AvgIpc) is 3.40. The van der Waals surface area contributed by atoms with Crippen LogP contribution in [0.5, 0.6) is 0 Å². The zero-order valence-electron chi connectivity index (χ0n) is 27.6. The quantitative estimate of drug-likeness (QED) is 0.190. The third-order valence-electron chi connectivity index (χ3n) is 10.1. The van der Waals surface area contributed by atoms with E-state index >= 15 is 0 Å². The second kappa shape index (κ2) is 11.5. The van der Waals surface area contributed by atoms with E-state index in [9.17, 15) is 0 Å². The molecule has 232 valence electrons. The van der Waals surface area contributed by atoms with Gasteiger partial charge < -0.3 is 0 Å². The first-order chi connectivity index (χ1) is 24.1. The lowest BCUT2D eigenvalue weighted by Crippen LogP contribution is -2.14. The van der Waals surface area contributed by atoms with E-state index < -0.39 is 0 Å². The van der Waals surface area contributed by atoms with Crippen LogP contribution in [0.15, 0.2) is 170 Å². The summed E-state index contributed by atoms with van der Waals surface area (Å²) < 4.78 is 0. The highest BCUT2D eigenvalue weighted by molar-refractivity contribution is 6.05. The molecular weight excluding hydrogens is 593 g/mol. The summed E-state index contributed by atoms with van der Waals surface area (Å²) in [4.78, 5) is 10.5. The summed E-state index contributed by atoms with van der Waals surface area (Å²) in [6.07, 6.45) is 0. The number of aromatic nitrogens is 2. The molecule has 0 fully saturated rings. The molecule has 0 aliphatic heterocycles. The van der Waals surface area contributed by atoms with Gasteiger partial charge in [0.05, 0.1) is 11.4 Å². The fourth-order valence-corrected chi connectivity index (χ4v) is 7.66. The Morgan fingerprint density at radius 3 is 1.63 bits per heavy atom. The summed E-state index contributed by atoms with van der Waals surface area (Å²) in [6, 6.07) is 60.6. The second-order valence-corrected chi connectivity index (χ2v) is 13.4. The van der Waals surface area contributed by atoms with Crippen LogP contribution < -0.4 is 0 Å². The first-order valence-corrected chi connectivity index (χ1v) is 16.9. The third kappa shape index (κ3) is 4.88. The Morgan fingerprint density at radius 1 is 0.347 bits per heavy atom. The maximum Gasteiger partial charge on any atom is 0.161 e. The predicted octanol–water partition coefficient (Wildman–Crippen LogP) is 12.3. The molecule has 2 nitrogen and oxygen atoms in total. The van der Waals surface area contributed by atoms with Gasteiger partial charge in [0.15, 0.2) is 5.82 Å². The summed E-state index contributed by atoms with van der Waals surface area (Å²) in [7, 11) is 0. The highest BCUT2D eigenvalue weighted by atomic mass is 14.9. The highest BCUT2D eigenvalue weighted by Gasteiger charge is 2.35. The normalized spacial score (nSPS) is 12.9. The minimum atomic E-state index is -0.0597. The van der Waals surface area contributed by atoms with Gasteiger partial charge >= 0.3 is 0 Å². The van der Waals surface area contributed by atoms with Gasteiger partial charge in [0, 0.05) is 22.1 Å². The maximum absolute atomic E-state index is 5.32. The van der Waals surface area contributed by atoms with E-state index in [-0.39, 0.29) is 5.41 Å². The van der Waals surface area contributed by atoms with E-state index in [1.165, 1.54) is 38.8 Å². The largest absolute Gasteiger partial charge is 0.228 e. The van der Waals surface area contributed by atoms with Crippen molar-refractivity contribution in [3.05, 3.63) is 181 Å². The molecule has 2 heteroatoms. The van der Waals surface area contributed by atoms with Crippen molar-refractivity contribution in [1.29, 1.82) is 0 Å². The molecule has 0 saturated heterocycles. The van der Waals surface area contributed by atoms with Crippen molar-refractivity contribution in [2.75, 3.05) is 0 Å². The maximum atomic E-state index is 5.32. The van der Waals surface area contributed by atoms with Crippen LogP contribution in [0.1, 0.15) is 25.0 Å². The topological polar surface area (TPSA) is 25.8 Å². The Kier molecular flexibility index (Phi) is 6.84. The smallest absolute Gasteiger partial charge is 0.161 e. The van der Waals surface area contributed by atoms with Gasteiger partial charge in [0.2, 0.25) is 0 Å². The zero-order chi connectivity index (χ0) is 33.0. The van der Waals surface area contributed by atoms with Gasteiger partial charge in [-0.05, 0) is 73.5 Å². The molecule has 0 spiro atoms. The van der Waals surface area contributed by atoms with Gasteiger partial charge in [0.1, 0.15) is 0 Å². The molecule has 8 aromatic rings. The number of rotatable bonds is 5. The molecule has 1 aliphatic carbocycles. The molecule has 1 aliphatic rings. The number of hydrogen-bond donors (Lipinski definition) is 0. The molecule has 49 heavy (non-hydrogen) atoms. The molecule has 7 aromatic carbocycles. The lowest BCUT2D eigenvalue weighted by molar-refractivity contribution is 0.660. The van der Waals surface area contributed by atoms with E-state index in [1.807, 2.05) is 6.07 Å². The van der Waals surface area contributed by atoms with Crippen LogP contribution in [-0.4, -0.2) is 9.97 Å². The molecule has 0 radical (unpaired) electrons. The minimum Gasteiger partial charge on any atom is -0.228 e. The first-order valence-electron chi connectivity index (χ1n) is 16.9. The van der Waals surface area contributed by atoms with Crippen molar-refractivity contribution in [2.45, 2.75) is 19.3 Å². The molecule has 0 amide bonds. The lowest BCUT2D eigenvalue weighted by Gasteiger charge is -2.22. The number of benzene rings is 7. The molecular formula is C47H34N2. The van der Waals surface area contributed by atoms with Crippen molar-refractivity contribution < 1.29 is 0 Å². The van der Waals surface area contributed by atoms with Gasteiger partial charge in [-0.3, -0.25) is 0 Å². The molecule has 0 atom stereocenters. The summed E-state index contributed by atoms with van der Waals surface area (Å²) in [6.45, 7) is 4.68. The summed E-state index contributed by atoms with van der Waals surface area (Å²) in [5, 5.41) is 2.32. The zero-order valence-corrected chi connectivity index (χ0v) is 27.6. The van der Waals surface area contributed by atoms with Crippen molar-refractivity contribution in [3.8, 4) is 67.3 Å². The molecule has 0 unspecified atom stereocenters. The van der Waals surface area contributed by atoms with E-state index in [1.54, 1.807) is 0 Å². The van der Waals surface area contributed by atoms with Crippen LogP contribution in [0.2, 0.25) is 0 Å². The molecule has 0 N–H and O–H groups in total. The van der Waals surface area contributed by atoms with Gasteiger partial charge in [-0.1, -0.05) is 166 Å². The van der Waals surface area contributed by atoms with Crippen molar-refractivity contribution in [3.63, 3.8) is 0 Å². The highest BCUT2D eigenvalue weighted by Crippen LogP contribution is 2.50. The standard InChI is InChI=1S/C47H34N2/c1-47(2)42-24-14-13-22-38(42)39-26-25-33(29-43(39)47)35-27-28-41(37-21-11-10-20-36(35)37)46-48-44(32-17-7-4-8-18-32)30-45(49-46)40-23-12-9-19-34(40)31-15-5-3-6-16-31/h3-30H,1-2H3. The van der Waals surface area contributed by atoms with Gasteiger partial charge in [-0.15, -0.1) is 0 Å². The number of fused-ring (bicyclic) bond motifs is 4. The summed E-state index contributed by atoms with van der Waals surface area (Å²) in [5.41, 5.74) is 15.1. The molecule has 0 bridgehead atoms. The minimum absolute atomic E-state index is 0.0597. The van der Waals surface area contributed by atoms with Gasteiger partial charge in [-0.2, -0.15) is 0 Å². The fourth-order valence-electron chi connectivity index (χ4n) is 7.66. The Morgan fingerprint density at radius 2 is 0.878 bits per heavy atom. The first kappa shape index (κ1) is 29.1. The van der Waals surface area contributed by atoms with Gasteiger partial charge in [-0.25, -0.2) is 9.97 Å². The van der Waals surface area contributed by atoms with E-state index in [4.69, 9.17) is 9.97 Å². The van der Waals surface area contributed by atoms with E-state index in [2.05, 4.69) is 178 Å². The average molecular weight is 627 g/mol. The summed E-state index contributed by atoms with van der Waals surface area (Å²) in [5.74, 6) is 0.715. The second-order valence-electron chi connectivity index (χ2n) is 13.4. The number of hydrogen-bond acceptors (Lipinski definition) is 2. The van der Waals surface area contributed by atoms with Crippen LogP contribution in [0.4, 0.5) is 0 Å². The predicted molar refractivity (Wildman–Crippen MR) is 204 cm³/mol. The Labute approximate surface area is 287 Å².